The lowest BCUT2D eigenvalue weighted by Crippen LogP contribution is -2.59. The van der Waals surface area contributed by atoms with Crippen molar-refractivity contribution in [3.63, 3.8) is 0 Å². The fourth-order valence-electron chi connectivity index (χ4n) is 2.20. The number of carbonyl (C=O) groups is 1. The Morgan fingerprint density at radius 1 is 1.13 bits per heavy atom. The van der Waals surface area contributed by atoms with Crippen molar-refractivity contribution in [3.05, 3.63) is 11.5 Å². The van der Waals surface area contributed by atoms with Crippen molar-refractivity contribution in [2.45, 2.75) is 42.9 Å². The molecule has 2 rings (SSSR count). The molecule has 0 spiro atoms. The number of carbonyl (C=O) groups excluding carboxylic acids is 1. The van der Waals surface area contributed by atoms with Crippen LogP contribution in [0, 0.1) is 0 Å². The van der Waals surface area contributed by atoms with Gasteiger partial charge in [0.05, 0.1) is 13.2 Å². The van der Waals surface area contributed by atoms with Crippen molar-refractivity contribution in [3.8, 4) is 0 Å². The van der Waals surface area contributed by atoms with Crippen LogP contribution in [-0.4, -0.2) is 97.8 Å². The number of ether oxygens (including phenoxy) is 3. The van der Waals surface area contributed by atoms with Crippen LogP contribution >= 0.6 is 0 Å². The zero-order valence-electron chi connectivity index (χ0n) is 11.7. The van der Waals surface area contributed by atoms with E-state index in [4.69, 9.17) is 19.7 Å². The Morgan fingerprint density at radius 3 is 2.35 bits per heavy atom. The van der Waals surface area contributed by atoms with Crippen molar-refractivity contribution in [2.24, 2.45) is 0 Å². The molecule has 2 aliphatic rings. The van der Waals surface area contributed by atoms with Gasteiger partial charge in [0.2, 0.25) is 12.0 Å². The average molecular weight is 338 g/mol. The topological polar surface area (TPSA) is 186 Å². The van der Waals surface area contributed by atoms with Crippen molar-refractivity contribution >= 4 is 5.97 Å². The van der Waals surface area contributed by atoms with Gasteiger partial charge in [-0.1, -0.05) is 0 Å². The molecule has 1 fully saturated rings. The summed E-state index contributed by atoms with van der Waals surface area (Å²) in [5, 5.41) is 66.1. The fraction of sp³-hybridized carbons (Fsp3) is 0.750. The lowest BCUT2D eigenvalue weighted by Gasteiger charge is -2.39. The molecular formula is C12H18O11. The van der Waals surface area contributed by atoms with Crippen LogP contribution in [0.2, 0.25) is 0 Å². The van der Waals surface area contributed by atoms with E-state index in [0.29, 0.717) is 0 Å². The summed E-state index contributed by atoms with van der Waals surface area (Å²) in [6, 6.07) is 0. The van der Waals surface area contributed by atoms with Crippen LogP contribution in [-0.2, 0) is 19.0 Å². The van der Waals surface area contributed by atoms with E-state index in [1.54, 1.807) is 0 Å². The second kappa shape index (κ2) is 6.97. The lowest BCUT2D eigenvalue weighted by molar-refractivity contribution is -0.291. The first-order chi connectivity index (χ1) is 10.8. The minimum Gasteiger partial charge on any atom is -0.505 e. The molecule has 132 valence electrons. The number of aliphatic hydroxyl groups is 7. The molecule has 0 aromatic heterocycles. The molecule has 0 saturated carbocycles. The van der Waals surface area contributed by atoms with Crippen molar-refractivity contribution < 1.29 is 54.8 Å². The molecule has 7 N–H and O–H groups in total. The van der Waals surface area contributed by atoms with E-state index in [1.165, 1.54) is 0 Å². The van der Waals surface area contributed by atoms with Gasteiger partial charge in [-0.25, -0.2) is 4.79 Å². The van der Waals surface area contributed by atoms with Gasteiger partial charge in [-0.2, -0.15) is 0 Å². The zero-order valence-corrected chi connectivity index (χ0v) is 11.7. The Hall–Kier alpha value is -1.47. The van der Waals surface area contributed by atoms with E-state index >= 15 is 0 Å². The summed E-state index contributed by atoms with van der Waals surface area (Å²) in [7, 11) is 0. The second-order valence-corrected chi connectivity index (χ2v) is 5.11. The number of rotatable bonds is 5. The van der Waals surface area contributed by atoms with E-state index in [-0.39, 0.29) is 0 Å². The van der Waals surface area contributed by atoms with Gasteiger partial charge in [0.1, 0.15) is 30.5 Å². The third-order valence-corrected chi connectivity index (χ3v) is 3.54. The minimum atomic E-state index is -1.79. The van der Waals surface area contributed by atoms with Crippen molar-refractivity contribution in [1.82, 2.24) is 0 Å². The number of hydrogen-bond donors (Lipinski definition) is 7. The molecular weight excluding hydrogens is 320 g/mol. The van der Waals surface area contributed by atoms with Gasteiger partial charge in [0, 0.05) is 0 Å². The molecule has 1 saturated heterocycles. The van der Waals surface area contributed by atoms with Gasteiger partial charge >= 0.3 is 5.97 Å². The van der Waals surface area contributed by atoms with Gasteiger partial charge in [-0.05, 0) is 0 Å². The van der Waals surface area contributed by atoms with E-state index in [2.05, 4.69) is 4.74 Å². The van der Waals surface area contributed by atoms with Crippen LogP contribution in [0.5, 0.6) is 0 Å². The summed E-state index contributed by atoms with van der Waals surface area (Å²) in [6.45, 7) is -1.50. The predicted molar refractivity (Wildman–Crippen MR) is 67.5 cm³/mol. The standard InChI is InChI=1S/C12H18O11/c13-1-3(15)9-8(19)10(11(20)22-9)23-12-7(18)6(17)5(16)4(2-14)21-12/h3-7,9,12-19H,1-2H2/t3-,4?,5+,6?,7-,9+,12-/m0/s1. The van der Waals surface area contributed by atoms with Gasteiger partial charge in [-0.3, -0.25) is 0 Å². The zero-order chi connectivity index (χ0) is 17.3. The maximum absolute atomic E-state index is 11.6. The van der Waals surface area contributed by atoms with Crippen LogP contribution in [0.25, 0.3) is 0 Å². The normalized spacial score (nSPS) is 39.3. The largest absolute Gasteiger partial charge is 0.505 e. The molecule has 11 heteroatoms. The summed E-state index contributed by atoms with van der Waals surface area (Å²) >= 11 is 0. The molecule has 2 aliphatic heterocycles. The molecule has 0 amide bonds. The lowest BCUT2D eigenvalue weighted by atomic mass is 9.99. The third kappa shape index (κ3) is 3.26. The number of hydrogen-bond acceptors (Lipinski definition) is 11. The first-order valence-electron chi connectivity index (χ1n) is 6.72. The number of esters is 1. The smallest absolute Gasteiger partial charge is 0.378 e. The highest BCUT2D eigenvalue weighted by atomic mass is 16.7. The van der Waals surface area contributed by atoms with Crippen LogP contribution in [0.3, 0.4) is 0 Å². The minimum absolute atomic E-state index is 0.702. The Bertz CT molecular complexity index is 476. The van der Waals surface area contributed by atoms with Crippen molar-refractivity contribution in [2.75, 3.05) is 13.2 Å². The third-order valence-electron chi connectivity index (χ3n) is 3.54. The van der Waals surface area contributed by atoms with Gasteiger partial charge in [-0.15, -0.1) is 0 Å². The van der Waals surface area contributed by atoms with Gasteiger partial charge in [0.25, 0.3) is 0 Å². The molecule has 0 bridgehead atoms. The highest BCUT2D eigenvalue weighted by molar-refractivity contribution is 5.89. The highest BCUT2D eigenvalue weighted by Crippen LogP contribution is 2.29. The second-order valence-electron chi connectivity index (χ2n) is 5.11. The molecule has 0 aliphatic carbocycles. The monoisotopic (exact) mass is 338 g/mol. The molecule has 2 unspecified atom stereocenters. The summed E-state index contributed by atoms with van der Waals surface area (Å²) in [6.07, 6.45) is -11.2. The van der Waals surface area contributed by atoms with E-state index in [9.17, 15) is 30.3 Å². The van der Waals surface area contributed by atoms with Crippen LogP contribution in [0.1, 0.15) is 0 Å². The molecule has 7 atom stereocenters. The van der Waals surface area contributed by atoms with Crippen molar-refractivity contribution in [1.29, 1.82) is 0 Å². The molecule has 2 heterocycles. The summed E-state index contributed by atoms with van der Waals surface area (Å²) in [5.74, 6) is -2.79. The van der Waals surface area contributed by atoms with E-state index in [1.807, 2.05) is 0 Å². The summed E-state index contributed by atoms with van der Waals surface area (Å²) in [4.78, 5) is 11.6. The fourth-order valence-corrected chi connectivity index (χ4v) is 2.20. The molecule has 0 aromatic carbocycles. The molecule has 0 aromatic rings. The van der Waals surface area contributed by atoms with Gasteiger partial charge < -0.3 is 50.0 Å². The summed E-state index contributed by atoms with van der Waals surface area (Å²) in [5.41, 5.74) is 0. The van der Waals surface area contributed by atoms with Crippen LogP contribution < -0.4 is 0 Å². The van der Waals surface area contributed by atoms with Crippen LogP contribution in [0.4, 0.5) is 0 Å². The molecule has 11 nitrogen and oxygen atoms in total. The van der Waals surface area contributed by atoms with Gasteiger partial charge in [0.15, 0.2) is 11.9 Å². The number of cyclic esters (lactones) is 1. The molecule has 23 heavy (non-hydrogen) atoms. The average Bonchev–Trinajstić information content (AvgIpc) is 2.82. The summed E-state index contributed by atoms with van der Waals surface area (Å²) < 4.78 is 14.6. The SMILES string of the molecule is O=C1O[C@H]([C@@H](O)CO)C(O)=C1O[C@@H]1OC(CO)[C@@H](O)C(O)[C@@H]1O. The predicted octanol–water partition coefficient (Wildman–Crippen LogP) is -4.15. The Labute approximate surface area is 129 Å². The Morgan fingerprint density at radius 2 is 1.78 bits per heavy atom. The first kappa shape index (κ1) is 17.9. The number of aliphatic hydroxyl groups excluding tert-OH is 7. The maximum Gasteiger partial charge on any atom is 0.378 e. The molecule has 0 radical (unpaired) electrons. The maximum atomic E-state index is 11.6. The Balaban J connectivity index is 2.16. The van der Waals surface area contributed by atoms with E-state index < -0.39 is 73.6 Å². The van der Waals surface area contributed by atoms with Crippen LogP contribution in [0.15, 0.2) is 11.5 Å². The highest BCUT2D eigenvalue weighted by Gasteiger charge is 2.48. The Kier molecular flexibility index (Phi) is 5.41. The van der Waals surface area contributed by atoms with E-state index in [0.717, 1.165) is 0 Å². The quantitative estimate of drug-likeness (QED) is 0.241. The first-order valence-corrected chi connectivity index (χ1v) is 6.72.